The molecular weight excluding hydrogens is 164 g/mol. The van der Waals surface area contributed by atoms with Gasteiger partial charge in [-0.15, -0.1) is 0 Å². The van der Waals surface area contributed by atoms with Crippen molar-refractivity contribution in [3.05, 3.63) is 0 Å². The van der Waals surface area contributed by atoms with Crippen molar-refractivity contribution in [2.75, 3.05) is 7.11 Å². The van der Waals surface area contributed by atoms with E-state index in [4.69, 9.17) is 9.47 Å². The van der Waals surface area contributed by atoms with Crippen LogP contribution in [0.3, 0.4) is 0 Å². The molecule has 0 amide bonds. The number of aliphatic hydroxyl groups excluding tert-OH is 3. The molecule has 72 valence electrons. The molecule has 1 rings (SSSR count). The van der Waals surface area contributed by atoms with Crippen molar-refractivity contribution in [3.63, 3.8) is 0 Å². The second-order valence-electron chi connectivity index (χ2n) is 2.92. The van der Waals surface area contributed by atoms with Gasteiger partial charge in [-0.3, -0.25) is 0 Å². The maximum Gasteiger partial charge on any atom is 0.186 e. The summed E-state index contributed by atoms with van der Waals surface area (Å²) in [5.74, 6) is 0. The Hall–Kier alpha value is -0.200. The van der Waals surface area contributed by atoms with E-state index in [1.54, 1.807) is 6.92 Å². The van der Waals surface area contributed by atoms with Gasteiger partial charge in [-0.2, -0.15) is 0 Å². The van der Waals surface area contributed by atoms with Gasteiger partial charge in [0.1, 0.15) is 18.3 Å². The monoisotopic (exact) mass is 178 g/mol. The molecule has 0 aromatic rings. The van der Waals surface area contributed by atoms with Crippen molar-refractivity contribution in [1.82, 2.24) is 0 Å². The van der Waals surface area contributed by atoms with Crippen molar-refractivity contribution in [3.8, 4) is 0 Å². The molecule has 0 aromatic carbocycles. The molecule has 12 heavy (non-hydrogen) atoms. The Kier molecular flexibility index (Phi) is 3.03. The SMILES string of the molecule is COC1O[C@H](C)C(O)[C@@H](O)C1O. The molecular formula is C7H14O5. The van der Waals surface area contributed by atoms with E-state index in [9.17, 15) is 15.3 Å². The predicted octanol–water partition coefficient (Wildman–Crippen LogP) is -1.54. The molecule has 3 N–H and O–H groups in total. The van der Waals surface area contributed by atoms with E-state index in [1.807, 2.05) is 0 Å². The van der Waals surface area contributed by atoms with Gasteiger partial charge in [0.25, 0.3) is 0 Å². The number of ether oxygens (including phenoxy) is 2. The van der Waals surface area contributed by atoms with E-state index in [1.165, 1.54) is 7.11 Å². The molecule has 1 fully saturated rings. The highest BCUT2D eigenvalue weighted by atomic mass is 16.7. The van der Waals surface area contributed by atoms with Gasteiger partial charge in [0.2, 0.25) is 0 Å². The quantitative estimate of drug-likeness (QED) is 0.453. The maximum absolute atomic E-state index is 9.27. The van der Waals surface area contributed by atoms with E-state index in [2.05, 4.69) is 0 Å². The summed E-state index contributed by atoms with van der Waals surface area (Å²) < 4.78 is 9.80. The first-order valence-corrected chi connectivity index (χ1v) is 3.80. The average molecular weight is 178 g/mol. The van der Waals surface area contributed by atoms with E-state index < -0.39 is 30.7 Å². The Bertz CT molecular complexity index is 146. The molecule has 0 spiro atoms. The molecule has 1 heterocycles. The lowest BCUT2D eigenvalue weighted by molar-refractivity contribution is -0.286. The zero-order valence-electron chi connectivity index (χ0n) is 7.04. The van der Waals surface area contributed by atoms with Gasteiger partial charge in [-0.1, -0.05) is 0 Å². The van der Waals surface area contributed by atoms with Gasteiger partial charge < -0.3 is 24.8 Å². The van der Waals surface area contributed by atoms with Crippen LogP contribution in [0.1, 0.15) is 6.92 Å². The fourth-order valence-corrected chi connectivity index (χ4v) is 1.21. The first kappa shape index (κ1) is 9.88. The summed E-state index contributed by atoms with van der Waals surface area (Å²) in [4.78, 5) is 0. The Balaban J connectivity index is 2.63. The van der Waals surface area contributed by atoms with E-state index >= 15 is 0 Å². The molecule has 5 atom stereocenters. The standard InChI is InChI=1S/C7H14O5/c1-3-4(8)5(9)6(10)7(11-2)12-3/h3-10H,1-2H3/t3-,4?,5-,6?,7?/m1/s1. The number of hydrogen-bond acceptors (Lipinski definition) is 5. The van der Waals surface area contributed by atoms with Crippen LogP contribution in [0.4, 0.5) is 0 Å². The van der Waals surface area contributed by atoms with Crippen LogP contribution in [0.15, 0.2) is 0 Å². The third-order valence-electron chi connectivity index (χ3n) is 2.04. The Morgan fingerprint density at radius 2 is 1.67 bits per heavy atom. The molecule has 5 nitrogen and oxygen atoms in total. The summed E-state index contributed by atoms with van der Waals surface area (Å²) in [6.45, 7) is 1.60. The third kappa shape index (κ3) is 1.60. The van der Waals surface area contributed by atoms with Gasteiger partial charge in [-0.25, -0.2) is 0 Å². The number of aliphatic hydroxyl groups is 3. The second-order valence-corrected chi connectivity index (χ2v) is 2.92. The Labute approximate surface area is 70.5 Å². The van der Waals surface area contributed by atoms with Crippen LogP contribution in [0, 0.1) is 0 Å². The molecule has 0 aliphatic carbocycles. The van der Waals surface area contributed by atoms with E-state index in [-0.39, 0.29) is 0 Å². The van der Waals surface area contributed by atoms with Crippen LogP contribution in [-0.4, -0.2) is 53.1 Å². The van der Waals surface area contributed by atoms with E-state index in [0.29, 0.717) is 0 Å². The summed E-state index contributed by atoms with van der Waals surface area (Å²) in [5.41, 5.74) is 0. The first-order chi connectivity index (χ1) is 5.57. The van der Waals surface area contributed by atoms with Crippen LogP contribution in [-0.2, 0) is 9.47 Å². The predicted molar refractivity (Wildman–Crippen MR) is 39.4 cm³/mol. The maximum atomic E-state index is 9.27. The highest BCUT2D eigenvalue weighted by Gasteiger charge is 2.41. The molecule has 5 heteroatoms. The van der Waals surface area contributed by atoms with Crippen LogP contribution in [0.2, 0.25) is 0 Å². The zero-order valence-corrected chi connectivity index (χ0v) is 7.04. The summed E-state index contributed by atoms with van der Waals surface area (Å²) in [6, 6.07) is 0. The van der Waals surface area contributed by atoms with Crippen molar-refractivity contribution >= 4 is 0 Å². The number of rotatable bonds is 1. The largest absolute Gasteiger partial charge is 0.388 e. The summed E-state index contributed by atoms with van der Waals surface area (Å²) >= 11 is 0. The fourth-order valence-electron chi connectivity index (χ4n) is 1.21. The first-order valence-electron chi connectivity index (χ1n) is 3.80. The van der Waals surface area contributed by atoms with Crippen molar-refractivity contribution in [1.29, 1.82) is 0 Å². The average Bonchev–Trinajstić information content (AvgIpc) is 2.08. The van der Waals surface area contributed by atoms with E-state index in [0.717, 1.165) is 0 Å². The van der Waals surface area contributed by atoms with Crippen molar-refractivity contribution in [2.24, 2.45) is 0 Å². The summed E-state index contributed by atoms with van der Waals surface area (Å²) in [5, 5.41) is 27.8. The molecule has 1 aliphatic rings. The van der Waals surface area contributed by atoms with Gasteiger partial charge in [0.05, 0.1) is 6.10 Å². The molecule has 0 bridgehead atoms. The smallest absolute Gasteiger partial charge is 0.186 e. The zero-order chi connectivity index (χ0) is 9.30. The van der Waals surface area contributed by atoms with Crippen LogP contribution in [0.5, 0.6) is 0 Å². The summed E-state index contributed by atoms with van der Waals surface area (Å²) in [7, 11) is 1.37. The molecule has 0 saturated carbocycles. The molecule has 1 saturated heterocycles. The highest BCUT2D eigenvalue weighted by Crippen LogP contribution is 2.20. The van der Waals surface area contributed by atoms with Crippen molar-refractivity contribution < 1.29 is 24.8 Å². The lowest BCUT2D eigenvalue weighted by Crippen LogP contribution is -2.57. The normalized spacial score (nSPS) is 49.2. The molecule has 1 aliphatic heterocycles. The van der Waals surface area contributed by atoms with Crippen molar-refractivity contribution in [2.45, 2.75) is 37.6 Å². The lowest BCUT2D eigenvalue weighted by atomic mass is 10.0. The molecule has 0 aromatic heterocycles. The second kappa shape index (κ2) is 3.68. The van der Waals surface area contributed by atoms with Gasteiger partial charge in [0.15, 0.2) is 6.29 Å². The minimum atomic E-state index is -1.21. The summed E-state index contributed by atoms with van der Waals surface area (Å²) in [6.07, 6.45) is -4.86. The molecule has 0 radical (unpaired) electrons. The van der Waals surface area contributed by atoms with Crippen LogP contribution in [0.25, 0.3) is 0 Å². The van der Waals surface area contributed by atoms with Gasteiger partial charge >= 0.3 is 0 Å². The molecule has 3 unspecified atom stereocenters. The Morgan fingerprint density at radius 1 is 1.08 bits per heavy atom. The van der Waals surface area contributed by atoms with Crippen LogP contribution < -0.4 is 0 Å². The number of methoxy groups -OCH3 is 1. The topological polar surface area (TPSA) is 79.2 Å². The minimum Gasteiger partial charge on any atom is -0.388 e. The lowest BCUT2D eigenvalue weighted by Gasteiger charge is -2.38. The fraction of sp³-hybridized carbons (Fsp3) is 1.00. The third-order valence-corrected chi connectivity index (χ3v) is 2.04. The highest BCUT2D eigenvalue weighted by molar-refractivity contribution is 4.86. The number of hydrogen-bond donors (Lipinski definition) is 3. The Morgan fingerprint density at radius 3 is 2.17 bits per heavy atom. The minimum absolute atomic E-state index is 0.534. The van der Waals surface area contributed by atoms with Gasteiger partial charge in [-0.05, 0) is 6.92 Å². The van der Waals surface area contributed by atoms with Crippen LogP contribution >= 0.6 is 0 Å². The van der Waals surface area contributed by atoms with Gasteiger partial charge in [0, 0.05) is 7.11 Å².